The first-order valence-corrected chi connectivity index (χ1v) is 9.39. The number of rotatable bonds is 3. The molecule has 0 saturated heterocycles. The van der Waals surface area contributed by atoms with Crippen molar-refractivity contribution < 1.29 is 19.8 Å². The zero-order chi connectivity index (χ0) is 12.3. The maximum Gasteiger partial charge on any atom is 0.151 e. The van der Waals surface area contributed by atoms with E-state index >= 15 is 0 Å². The number of halogens is 1. The monoisotopic (exact) mass is 338 g/mol. The molecular weight excluding hydrogens is 319 g/mol. The Labute approximate surface area is 111 Å². The minimum absolute atomic E-state index is 0.768. The fourth-order valence-electron chi connectivity index (χ4n) is 1.85. The molecule has 2 rings (SSSR count). The summed E-state index contributed by atoms with van der Waals surface area (Å²) in [5.41, 5.74) is 1.35. The minimum Gasteiger partial charge on any atom is -0.0619 e. The van der Waals surface area contributed by atoms with Crippen molar-refractivity contribution in [3.63, 3.8) is 0 Å². The lowest BCUT2D eigenvalue weighted by Crippen LogP contribution is -3.88. The number of hydrogen-bond donors (Lipinski definition) is 0. The zero-order valence-corrected chi connectivity index (χ0v) is 12.8. The summed E-state index contributed by atoms with van der Waals surface area (Å²) in [5.74, 6) is 0. The van der Waals surface area contributed by atoms with Crippen molar-refractivity contribution in [3.05, 3.63) is 67.3 Å². The average Bonchev–Trinajstić information content (AvgIpc) is 2.33. The van der Waals surface area contributed by atoms with Crippen molar-refractivity contribution in [2.24, 2.45) is 0 Å². The van der Waals surface area contributed by atoms with Gasteiger partial charge in [-0.3, -0.25) is 0 Å². The maximum absolute atomic E-state index is 2.36. The van der Waals surface area contributed by atoms with Gasteiger partial charge in [0.25, 0.3) is 0 Å². The Kier molecular flexibility index (Phi) is 4.21. The Morgan fingerprint density at radius 2 is 1.29 bits per heavy atom. The molecule has 17 heavy (non-hydrogen) atoms. The van der Waals surface area contributed by atoms with Crippen molar-refractivity contribution in [3.8, 4) is 0 Å². The van der Waals surface area contributed by atoms with Crippen molar-refractivity contribution in [1.82, 2.24) is 0 Å². The number of alkyl halides is 1. The summed E-state index contributed by atoms with van der Waals surface area (Å²) in [6, 6.07) is 20.2. The van der Waals surface area contributed by atoms with Gasteiger partial charge in [0.05, 0.1) is 0 Å². The lowest BCUT2D eigenvalue weighted by Gasteiger charge is -2.10. The Balaban J connectivity index is 2.39. The predicted octanol–water partition coefficient (Wildman–Crippen LogP) is 1.07. The highest BCUT2D eigenvalue weighted by atomic mass is 127. The molecule has 0 fully saturated rings. The van der Waals surface area contributed by atoms with Crippen LogP contribution in [0, 0.1) is 14.1 Å². The first-order chi connectivity index (χ1) is 8.18. The van der Waals surface area contributed by atoms with Gasteiger partial charge in [0.2, 0.25) is 0 Å². The fourth-order valence-corrected chi connectivity index (χ4v) is 7.77. The van der Waals surface area contributed by atoms with Gasteiger partial charge < -0.3 is 0 Å². The second-order valence-corrected chi connectivity index (χ2v) is 11.2. The van der Waals surface area contributed by atoms with E-state index in [1.54, 1.807) is 7.14 Å². The summed E-state index contributed by atoms with van der Waals surface area (Å²) in [4.78, 5) is 0. The molecule has 0 N–H and O–H groups in total. The summed E-state index contributed by atoms with van der Waals surface area (Å²) >= 11 is -1.24. The number of hydrogen-bond acceptors (Lipinski definition) is 0. The summed E-state index contributed by atoms with van der Waals surface area (Å²) in [7, 11) is 0. The molecule has 0 heterocycles. The SMILES string of the molecule is Cc1ccc([I+](c2ccccc2)C(C)C)cc1. The molecular formula is C16H19I+. The van der Waals surface area contributed by atoms with E-state index in [0.29, 0.717) is 0 Å². The Bertz CT molecular complexity index is 457. The molecule has 0 spiro atoms. The van der Waals surface area contributed by atoms with Crippen molar-refractivity contribution in [2.75, 3.05) is 0 Å². The van der Waals surface area contributed by atoms with Crippen LogP contribution in [0.1, 0.15) is 19.4 Å². The minimum atomic E-state index is -1.24. The summed E-state index contributed by atoms with van der Waals surface area (Å²) in [6.45, 7) is 6.87. The highest BCUT2D eigenvalue weighted by Gasteiger charge is 2.30. The van der Waals surface area contributed by atoms with Gasteiger partial charge in [0, 0.05) is 0 Å². The van der Waals surface area contributed by atoms with Gasteiger partial charge in [-0.2, -0.15) is 0 Å². The Hall–Kier alpha value is -0.830. The van der Waals surface area contributed by atoms with Crippen molar-refractivity contribution in [1.29, 1.82) is 0 Å². The topological polar surface area (TPSA) is 0 Å². The van der Waals surface area contributed by atoms with Crippen molar-refractivity contribution in [2.45, 2.75) is 24.7 Å². The van der Waals surface area contributed by atoms with Crippen LogP contribution in [0.5, 0.6) is 0 Å². The molecule has 0 amide bonds. The van der Waals surface area contributed by atoms with Crippen LogP contribution in [0.25, 0.3) is 0 Å². The molecule has 1 radical (unpaired) electrons. The van der Waals surface area contributed by atoms with E-state index in [1.807, 2.05) is 0 Å². The fraction of sp³-hybridized carbons (Fsp3) is 0.250. The van der Waals surface area contributed by atoms with Gasteiger partial charge in [0.15, 0.2) is 7.14 Å². The van der Waals surface area contributed by atoms with Crippen LogP contribution in [0.4, 0.5) is 0 Å². The largest absolute Gasteiger partial charge is 0.151 e. The smallest absolute Gasteiger partial charge is 0.0619 e. The highest BCUT2D eigenvalue weighted by Crippen LogP contribution is 1.95. The second kappa shape index (κ2) is 5.67. The van der Waals surface area contributed by atoms with E-state index in [-0.39, 0.29) is 0 Å². The Morgan fingerprint density at radius 1 is 0.765 bits per heavy atom. The molecule has 0 saturated carbocycles. The molecule has 0 aromatic heterocycles. The van der Waals surface area contributed by atoms with Gasteiger partial charge in [-0.15, -0.1) is 0 Å². The van der Waals surface area contributed by atoms with Gasteiger partial charge in [-0.05, 0) is 45.0 Å². The van der Waals surface area contributed by atoms with E-state index in [4.69, 9.17) is 0 Å². The van der Waals surface area contributed by atoms with Crippen LogP contribution < -0.4 is 19.8 Å². The van der Waals surface area contributed by atoms with Gasteiger partial charge >= 0.3 is 0 Å². The molecule has 0 bridgehead atoms. The van der Waals surface area contributed by atoms with E-state index in [1.165, 1.54) is 5.56 Å². The van der Waals surface area contributed by atoms with Crippen LogP contribution in [0.15, 0.2) is 54.6 Å². The second-order valence-electron chi connectivity index (χ2n) is 4.42. The molecule has 0 unspecified atom stereocenters. The molecule has 0 nitrogen and oxygen atoms in total. The third-order valence-corrected chi connectivity index (χ3v) is 9.26. The van der Waals surface area contributed by atoms with Crippen LogP contribution in [-0.4, -0.2) is 3.92 Å². The van der Waals surface area contributed by atoms with Crippen molar-refractivity contribution >= 4 is 0 Å². The molecule has 0 atom stereocenters. The van der Waals surface area contributed by atoms with E-state index in [0.717, 1.165) is 3.92 Å². The molecule has 89 valence electrons. The van der Waals surface area contributed by atoms with E-state index in [2.05, 4.69) is 75.4 Å². The maximum atomic E-state index is 2.36. The molecule has 2 aromatic carbocycles. The zero-order valence-electron chi connectivity index (χ0n) is 10.7. The van der Waals surface area contributed by atoms with E-state index in [9.17, 15) is 0 Å². The van der Waals surface area contributed by atoms with Crippen LogP contribution in [-0.2, 0) is 0 Å². The normalized spacial score (nSPS) is 11.1. The number of benzene rings is 2. The molecule has 0 aliphatic rings. The summed E-state index contributed by atoms with van der Waals surface area (Å²) < 4.78 is 3.90. The highest BCUT2D eigenvalue weighted by molar-refractivity contribution is 5.12. The van der Waals surface area contributed by atoms with Crippen LogP contribution >= 0.6 is 0 Å². The lowest BCUT2D eigenvalue weighted by molar-refractivity contribution is -0.878. The molecule has 0 aliphatic carbocycles. The predicted molar refractivity (Wildman–Crippen MR) is 70.2 cm³/mol. The quantitative estimate of drug-likeness (QED) is 0.580. The number of aryl methyl sites for hydroxylation is 1. The van der Waals surface area contributed by atoms with E-state index < -0.39 is 19.8 Å². The van der Waals surface area contributed by atoms with Crippen LogP contribution in [0.3, 0.4) is 0 Å². The van der Waals surface area contributed by atoms with Gasteiger partial charge in [-0.25, -0.2) is 0 Å². The standard InChI is InChI=1S/C16H19I/c1-13(2)17(15-7-5-4-6-8-15)16-11-9-14(3)10-12-16/h4-13H,1-3H3/q+1. The molecule has 2 aromatic rings. The first kappa shape index (κ1) is 12.6. The Morgan fingerprint density at radius 3 is 1.82 bits per heavy atom. The van der Waals surface area contributed by atoms with Gasteiger partial charge in [-0.1, -0.05) is 35.9 Å². The first-order valence-electron chi connectivity index (χ1n) is 5.98. The van der Waals surface area contributed by atoms with Crippen LogP contribution in [0.2, 0.25) is 0 Å². The summed E-state index contributed by atoms with van der Waals surface area (Å²) in [6.07, 6.45) is 0. The molecule has 0 aliphatic heterocycles. The third-order valence-electron chi connectivity index (χ3n) is 2.65. The summed E-state index contributed by atoms with van der Waals surface area (Å²) in [5, 5.41) is 0. The van der Waals surface area contributed by atoms with Gasteiger partial charge in [0.1, 0.15) is 23.7 Å². The average molecular weight is 338 g/mol. The lowest BCUT2D eigenvalue weighted by atomic mass is 10.2. The third kappa shape index (κ3) is 3.09. The molecule has 1 heteroatoms.